The molecule has 0 aliphatic carbocycles. The molecule has 0 bridgehead atoms. The molecule has 0 fully saturated rings. The van der Waals surface area contributed by atoms with E-state index in [-0.39, 0.29) is 13.5 Å². The van der Waals surface area contributed by atoms with Gasteiger partial charge in [0.05, 0.1) is 0 Å². The van der Waals surface area contributed by atoms with Gasteiger partial charge in [-0.1, -0.05) is 0 Å². The number of aliphatic hydroxyl groups is 1. The average Bonchev–Trinajstić information content (AvgIpc) is 0.811. The molecule has 0 saturated heterocycles. The van der Waals surface area contributed by atoms with Crippen molar-refractivity contribution in [1.29, 1.82) is 0 Å². The number of hydrogen-bond acceptors (Lipinski definition) is 1. The van der Waals surface area contributed by atoms with Gasteiger partial charge in [-0.25, -0.2) is 0 Å². The van der Waals surface area contributed by atoms with Crippen molar-refractivity contribution in [2.45, 2.75) is 20.0 Å². The highest BCUT2D eigenvalue weighted by Crippen LogP contribution is 1.65. The summed E-state index contributed by atoms with van der Waals surface area (Å²) in [6.45, 7) is 3.44. The first-order valence-corrected chi connectivity index (χ1v) is 1.41. The van der Waals surface area contributed by atoms with Crippen LogP contribution in [0.3, 0.4) is 0 Å². The Balaban J connectivity index is 0. The molecule has 0 amide bonds. The van der Waals surface area contributed by atoms with Crippen LogP contribution >= 0.6 is 0 Å². The van der Waals surface area contributed by atoms with Gasteiger partial charge in [0.2, 0.25) is 0 Å². The second-order valence-corrected chi connectivity index (χ2v) is 1.09. The van der Waals surface area contributed by atoms with Crippen molar-refractivity contribution in [3.05, 3.63) is 7.43 Å². The minimum atomic E-state index is -0.167. The summed E-state index contributed by atoms with van der Waals surface area (Å²) in [5.41, 5.74) is 0. The first-order valence-electron chi connectivity index (χ1n) is 1.41. The molecule has 0 aliphatic heterocycles. The maximum absolute atomic E-state index is 8.06. The van der Waals surface area contributed by atoms with Gasteiger partial charge < -0.3 is 5.11 Å². The van der Waals surface area contributed by atoms with Crippen LogP contribution in [-0.4, -0.2) is 11.2 Å². The molecule has 0 spiro atoms. The van der Waals surface area contributed by atoms with Crippen molar-refractivity contribution in [3.63, 3.8) is 0 Å². The van der Waals surface area contributed by atoms with Crippen molar-refractivity contribution in [3.8, 4) is 0 Å². The van der Waals surface area contributed by atoms with Crippen LogP contribution in [0.2, 0.25) is 0 Å². The van der Waals surface area contributed by atoms with Gasteiger partial charge in [0, 0.05) is 13.5 Å². The van der Waals surface area contributed by atoms with Crippen LogP contribution in [0, 0.1) is 7.43 Å². The average molecular weight is 72.1 g/mol. The zero-order valence-electron chi connectivity index (χ0n) is 3.52. The Morgan fingerprint density at radius 3 is 1.40 bits per heavy atom. The standard InChI is InChI=1S/C3H8O.C/c1-3(2)4;/h3-4H,1-2H3;. The fourth-order valence-electron chi connectivity index (χ4n) is 0. The molecule has 0 rings (SSSR count). The SMILES string of the molecule is CC(C)O.[C]. The minimum Gasteiger partial charge on any atom is -0.394 e. The van der Waals surface area contributed by atoms with E-state index in [1.807, 2.05) is 0 Å². The van der Waals surface area contributed by atoms with Crippen molar-refractivity contribution in [1.82, 2.24) is 0 Å². The summed E-state index contributed by atoms with van der Waals surface area (Å²) in [4.78, 5) is 0. The first kappa shape index (κ1) is 8.88. The van der Waals surface area contributed by atoms with Crippen LogP contribution < -0.4 is 0 Å². The van der Waals surface area contributed by atoms with Crippen LogP contribution in [0.5, 0.6) is 0 Å². The van der Waals surface area contributed by atoms with Gasteiger partial charge in [0.1, 0.15) is 0 Å². The lowest BCUT2D eigenvalue weighted by atomic mass is 10.5. The summed E-state index contributed by atoms with van der Waals surface area (Å²) in [6.07, 6.45) is -0.167. The van der Waals surface area contributed by atoms with Crippen LogP contribution in [0.4, 0.5) is 0 Å². The van der Waals surface area contributed by atoms with E-state index in [9.17, 15) is 0 Å². The largest absolute Gasteiger partial charge is 0.394 e. The fraction of sp³-hybridized carbons (Fsp3) is 0.750. The van der Waals surface area contributed by atoms with E-state index in [1.165, 1.54) is 0 Å². The molecule has 0 saturated carbocycles. The van der Waals surface area contributed by atoms with Crippen molar-refractivity contribution in [2.24, 2.45) is 0 Å². The van der Waals surface area contributed by atoms with Gasteiger partial charge >= 0.3 is 0 Å². The zero-order chi connectivity index (χ0) is 3.58. The molecule has 0 atom stereocenters. The Labute approximate surface area is 33.6 Å². The third-order valence-electron chi connectivity index (χ3n) is 0. The normalized spacial score (nSPS) is 7.20. The molecule has 30 valence electrons. The maximum Gasteiger partial charge on any atom is 0.0483 e. The van der Waals surface area contributed by atoms with Crippen molar-refractivity contribution >= 4 is 0 Å². The van der Waals surface area contributed by atoms with E-state index < -0.39 is 0 Å². The lowest BCUT2D eigenvalue weighted by molar-refractivity contribution is 0.216. The molecule has 0 aromatic carbocycles. The first-order chi connectivity index (χ1) is 1.73. The molecule has 4 radical (unpaired) electrons. The quantitative estimate of drug-likeness (QED) is 0.441. The van der Waals surface area contributed by atoms with Gasteiger partial charge in [-0.3, -0.25) is 0 Å². The molecule has 0 aromatic rings. The zero-order valence-corrected chi connectivity index (χ0v) is 3.52. The molecule has 0 heterocycles. The molecule has 1 nitrogen and oxygen atoms in total. The second kappa shape index (κ2) is 3.96. The number of hydrogen-bond donors (Lipinski definition) is 1. The van der Waals surface area contributed by atoms with Crippen molar-refractivity contribution in [2.75, 3.05) is 0 Å². The third kappa shape index (κ3) is 9510. The van der Waals surface area contributed by atoms with E-state index in [4.69, 9.17) is 5.11 Å². The monoisotopic (exact) mass is 72.1 g/mol. The Bertz CT molecular complexity index is 8.36. The lowest BCUT2D eigenvalue weighted by Crippen LogP contribution is -1.85. The van der Waals surface area contributed by atoms with E-state index in [2.05, 4.69) is 0 Å². The Hall–Kier alpha value is -0.0400. The van der Waals surface area contributed by atoms with E-state index in [0.717, 1.165) is 0 Å². The number of aliphatic hydroxyl groups excluding tert-OH is 1. The van der Waals surface area contributed by atoms with Crippen LogP contribution in [0.25, 0.3) is 0 Å². The predicted octanol–water partition coefficient (Wildman–Crippen LogP) is 0.468. The fourth-order valence-corrected chi connectivity index (χ4v) is 0. The Morgan fingerprint density at radius 1 is 1.40 bits per heavy atom. The van der Waals surface area contributed by atoms with Gasteiger partial charge in [-0.05, 0) is 13.8 Å². The second-order valence-electron chi connectivity index (χ2n) is 1.09. The minimum absolute atomic E-state index is 0. The smallest absolute Gasteiger partial charge is 0.0483 e. The number of rotatable bonds is 0. The molecule has 1 N–H and O–H groups in total. The van der Waals surface area contributed by atoms with E-state index in [0.29, 0.717) is 0 Å². The highest BCUT2D eigenvalue weighted by Gasteiger charge is 1.69. The van der Waals surface area contributed by atoms with Gasteiger partial charge in [0.15, 0.2) is 0 Å². The van der Waals surface area contributed by atoms with E-state index in [1.54, 1.807) is 13.8 Å². The third-order valence-corrected chi connectivity index (χ3v) is 0. The summed E-state index contributed by atoms with van der Waals surface area (Å²) in [5.74, 6) is 0. The molecular formula is C4H8O. The van der Waals surface area contributed by atoms with Gasteiger partial charge in [0.25, 0.3) is 0 Å². The highest BCUT2D eigenvalue weighted by atomic mass is 16.3. The topological polar surface area (TPSA) is 20.2 Å². The van der Waals surface area contributed by atoms with Crippen molar-refractivity contribution < 1.29 is 5.11 Å². The van der Waals surface area contributed by atoms with Crippen LogP contribution in [0.15, 0.2) is 0 Å². The molecule has 0 unspecified atom stereocenters. The summed E-state index contributed by atoms with van der Waals surface area (Å²) >= 11 is 0. The lowest BCUT2D eigenvalue weighted by Gasteiger charge is -1.80. The van der Waals surface area contributed by atoms with Crippen LogP contribution in [0.1, 0.15) is 13.8 Å². The van der Waals surface area contributed by atoms with E-state index >= 15 is 0 Å². The summed E-state index contributed by atoms with van der Waals surface area (Å²) in [6, 6.07) is 0. The Morgan fingerprint density at radius 2 is 1.40 bits per heavy atom. The molecule has 0 aromatic heterocycles. The maximum atomic E-state index is 8.06. The molecular weight excluding hydrogens is 64.0 g/mol. The molecule has 5 heavy (non-hydrogen) atoms. The van der Waals surface area contributed by atoms with Crippen LogP contribution in [-0.2, 0) is 0 Å². The predicted molar refractivity (Wildman–Crippen MR) is 20.6 cm³/mol. The van der Waals surface area contributed by atoms with Gasteiger partial charge in [-0.2, -0.15) is 0 Å². The molecule has 1 heteroatoms. The Kier molecular flexibility index (Phi) is 7.03. The summed E-state index contributed by atoms with van der Waals surface area (Å²) in [7, 11) is 0. The summed E-state index contributed by atoms with van der Waals surface area (Å²) in [5, 5.41) is 8.06. The highest BCUT2D eigenvalue weighted by molar-refractivity contribution is 4.20. The van der Waals surface area contributed by atoms with Gasteiger partial charge in [-0.15, -0.1) is 0 Å². The summed E-state index contributed by atoms with van der Waals surface area (Å²) < 4.78 is 0. The molecule has 0 aliphatic rings.